The summed E-state index contributed by atoms with van der Waals surface area (Å²) in [7, 11) is 0. The standard InChI is InChI=1S/C25H19Cl2N3O3/c1-2-15-9-11-20(12-10-15)30-24(32)21(27)22(25(30)33)28-18-7-3-5-16(13-18)23(31)29-19-8-4-6-17(26)14-19/h3-14,28H,2H2,1H3,(H,29,31). The topological polar surface area (TPSA) is 78.5 Å². The lowest BCUT2D eigenvalue weighted by molar-refractivity contribution is -0.120. The molecule has 0 atom stereocenters. The third-order valence-corrected chi connectivity index (χ3v) is 5.69. The van der Waals surface area contributed by atoms with Crippen LogP contribution in [0.3, 0.4) is 0 Å². The van der Waals surface area contributed by atoms with Crippen molar-refractivity contribution in [3.8, 4) is 0 Å². The number of halogens is 2. The fourth-order valence-electron chi connectivity index (χ4n) is 3.38. The van der Waals surface area contributed by atoms with Crippen molar-refractivity contribution in [2.24, 2.45) is 0 Å². The summed E-state index contributed by atoms with van der Waals surface area (Å²) in [6, 6.07) is 20.5. The average molecular weight is 480 g/mol. The van der Waals surface area contributed by atoms with E-state index in [2.05, 4.69) is 10.6 Å². The Bertz CT molecular complexity index is 1290. The van der Waals surface area contributed by atoms with Crippen molar-refractivity contribution in [3.63, 3.8) is 0 Å². The summed E-state index contributed by atoms with van der Waals surface area (Å²) in [5.41, 5.74) is 2.81. The van der Waals surface area contributed by atoms with E-state index >= 15 is 0 Å². The summed E-state index contributed by atoms with van der Waals surface area (Å²) in [6.45, 7) is 2.02. The van der Waals surface area contributed by atoms with Crippen LogP contribution in [-0.4, -0.2) is 17.7 Å². The van der Waals surface area contributed by atoms with Crippen molar-refractivity contribution in [1.82, 2.24) is 0 Å². The molecule has 0 unspecified atom stereocenters. The van der Waals surface area contributed by atoms with E-state index in [1.807, 2.05) is 19.1 Å². The quantitative estimate of drug-likeness (QED) is 0.451. The van der Waals surface area contributed by atoms with Gasteiger partial charge in [-0.2, -0.15) is 0 Å². The van der Waals surface area contributed by atoms with E-state index in [9.17, 15) is 14.4 Å². The lowest BCUT2D eigenvalue weighted by Gasteiger charge is -2.15. The van der Waals surface area contributed by atoms with Gasteiger partial charge in [-0.3, -0.25) is 14.4 Å². The first-order valence-corrected chi connectivity index (χ1v) is 10.9. The Labute approximate surface area is 200 Å². The van der Waals surface area contributed by atoms with Crippen LogP contribution in [0.25, 0.3) is 0 Å². The van der Waals surface area contributed by atoms with Crippen LogP contribution in [0.4, 0.5) is 17.1 Å². The van der Waals surface area contributed by atoms with E-state index in [1.165, 1.54) is 0 Å². The number of anilines is 3. The average Bonchev–Trinajstić information content (AvgIpc) is 3.02. The molecule has 0 bridgehead atoms. The third-order valence-electron chi connectivity index (χ3n) is 5.11. The maximum atomic E-state index is 13.0. The van der Waals surface area contributed by atoms with Crippen molar-refractivity contribution in [3.05, 3.63) is 99.7 Å². The lowest BCUT2D eigenvalue weighted by Crippen LogP contribution is -2.32. The monoisotopic (exact) mass is 479 g/mol. The number of amides is 3. The van der Waals surface area contributed by atoms with Crippen LogP contribution in [-0.2, 0) is 16.0 Å². The molecule has 1 aliphatic rings. The Morgan fingerprint density at radius 3 is 2.27 bits per heavy atom. The van der Waals surface area contributed by atoms with Gasteiger partial charge in [0.1, 0.15) is 10.7 Å². The summed E-state index contributed by atoms with van der Waals surface area (Å²) in [6.07, 6.45) is 0.842. The van der Waals surface area contributed by atoms with Crippen molar-refractivity contribution in [2.75, 3.05) is 15.5 Å². The van der Waals surface area contributed by atoms with Gasteiger partial charge in [0.25, 0.3) is 17.7 Å². The molecule has 1 heterocycles. The highest BCUT2D eigenvalue weighted by molar-refractivity contribution is 6.53. The minimum absolute atomic E-state index is 0.0476. The number of nitrogens with one attached hydrogen (secondary N) is 2. The second kappa shape index (κ2) is 9.48. The zero-order valence-corrected chi connectivity index (χ0v) is 19.1. The van der Waals surface area contributed by atoms with Crippen LogP contribution in [0, 0.1) is 0 Å². The van der Waals surface area contributed by atoms with Crippen molar-refractivity contribution >= 4 is 58.0 Å². The van der Waals surface area contributed by atoms with Crippen LogP contribution in [0.15, 0.2) is 83.5 Å². The Kier molecular flexibility index (Phi) is 6.49. The summed E-state index contributed by atoms with van der Waals surface area (Å²) in [4.78, 5) is 39.3. The van der Waals surface area contributed by atoms with Crippen LogP contribution < -0.4 is 15.5 Å². The number of aryl methyl sites for hydroxylation is 1. The van der Waals surface area contributed by atoms with E-state index in [-0.39, 0.29) is 16.6 Å². The number of imide groups is 1. The molecule has 1 aliphatic heterocycles. The van der Waals surface area contributed by atoms with Gasteiger partial charge < -0.3 is 10.6 Å². The van der Waals surface area contributed by atoms with Gasteiger partial charge in [-0.1, -0.05) is 54.4 Å². The molecule has 0 radical (unpaired) electrons. The van der Waals surface area contributed by atoms with Crippen LogP contribution >= 0.6 is 23.2 Å². The molecular weight excluding hydrogens is 461 g/mol. The van der Waals surface area contributed by atoms with Crippen LogP contribution in [0.1, 0.15) is 22.8 Å². The van der Waals surface area contributed by atoms with Crippen LogP contribution in [0.2, 0.25) is 5.02 Å². The molecule has 4 rings (SSSR count). The summed E-state index contributed by atoms with van der Waals surface area (Å²) >= 11 is 12.2. The number of hydrogen-bond acceptors (Lipinski definition) is 4. The molecule has 0 aliphatic carbocycles. The van der Waals surface area contributed by atoms with Gasteiger partial charge in [0.05, 0.1) is 5.69 Å². The van der Waals surface area contributed by atoms with Crippen molar-refractivity contribution in [1.29, 1.82) is 0 Å². The molecule has 2 N–H and O–H groups in total. The molecule has 0 saturated carbocycles. The highest BCUT2D eigenvalue weighted by atomic mass is 35.5. The van der Waals surface area contributed by atoms with Gasteiger partial charge in [0.2, 0.25) is 0 Å². The summed E-state index contributed by atoms with van der Waals surface area (Å²) in [5.74, 6) is -1.53. The number of hydrogen-bond donors (Lipinski definition) is 2. The maximum Gasteiger partial charge on any atom is 0.283 e. The van der Waals surface area contributed by atoms with Crippen molar-refractivity contribution < 1.29 is 14.4 Å². The molecule has 0 spiro atoms. The number of carbonyl (C=O) groups is 3. The zero-order chi connectivity index (χ0) is 23.5. The van der Waals surface area contributed by atoms with E-state index in [4.69, 9.17) is 23.2 Å². The number of nitrogens with zero attached hydrogens (tertiary/aromatic N) is 1. The zero-order valence-electron chi connectivity index (χ0n) is 17.6. The number of benzene rings is 3. The smallest absolute Gasteiger partial charge is 0.283 e. The van der Waals surface area contributed by atoms with E-state index < -0.39 is 11.8 Å². The molecular formula is C25H19Cl2N3O3. The van der Waals surface area contributed by atoms with E-state index in [0.717, 1.165) is 16.9 Å². The molecule has 33 heavy (non-hydrogen) atoms. The molecule has 3 amide bonds. The van der Waals surface area contributed by atoms with Gasteiger partial charge in [-0.05, 0) is 60.5 Å². The number of carbonyl (C=O) groups excluding carboxylic acids is 3. The first-order valence-electron chi connectivity index (χ1n) is 10.2. The molecule has 8 heteroatoms. The predicted octanol–water partition coefficient (Wildman–Crippen LogP) is 5.59. The SMILES string of the molecule is CCc1ccc(N2C(=O)C(Cl)=C(Nc3cccc(C(=O)Nc4cccc(Cl)c4)c3)C2=O)cc1. The third kappa shape index (κ3) is 4.77. The van der Waals surface area contributed by atoms with Crippen molar-refractivity contribution in [2.45, 2.75) is 13.3 Å². The molecule has 166 valence electrons. The molecule has 6 nitrogen and oxygen atoms in total. The highest BCUT2D eigenvalue weighted by Gasteiger charge is 2.38. The Balaban J connectivity index is 1.53. The fourth-order valence-corrected chi connectivity index (χ4v) is 3.78. The largest absolute Gasteiger partial charge is 0.350 e. The van der Waals surface area contributed by atoms with E-state index in [1.54, 1.807) is 60.7 Å². The highest BCUT2D eigenvalue weighted by Crippen LogP contribution is 2.30. The van der Waals surface area contributed by atoms with Gasteiger partial charge >= 0.3 is 0 Å². The van der Waals surface area contributed by atoms with Gasteiger partial charge in [-0.15, -0.1) is 0 Å². The van der Waals surface area contributed by atoms with Crippen LogP contribution in [0.5, 0.6) is 0 Å². The first kappa shape index (κ1) is 22.6. The normalized spacial score (nSPS) is 13.5. The Morgan fingerprint density at radius 1 is 0.879 bits per heavy atom. The minimum Gasteiger partial charge on any atom is -0.350 e. The number of rotatable bonds is 6. The fraction of sp³-hybridized carbons (Fsp3) is 0.0800. The van der Waals surface area contributed by atoms with Gasteiger partial charge in [0.15, 0.2) is 0 Å². The molecule has 3 aromatic carbocycles. The van der Waals surface area contributed by atoms with E-state index in [0.29, 0.717) is 27.6 Å². The lowest BCUT2D eigenvalue weighted by atomic mass is 10.1. The first-order chi connectivity index (χ1) is 15.9. The summed E-state index contributed by atoms with van der Waals surface area (Å²) in [5, 5.41) is 5.95. The Morgan fingerprint density at radius 2 is 1.58 bits per heavy atom. The molecule has 0 saturated heterocycles. The molecule has 0 fully saturated rings. The summed E-state index contributed by atoms with van der Waals surface area (Å²) < 4.78 is 0. The predicted molar refractivity (Wildman–Crippen MR) is 131 cm³/mol. The minimum atomic E-state index is -0.608. The molecule has 0 aromatic heterocycles. The second-order valence-corrected chi connectivity index (χ2v) is 8.14. The van der Waals surface area contributed by atoms with Gasteiger partial charge in [0, 0.05) is 22.0 Å². The molecule has 3 aromatic rings. The Hall–Kier alpha value is -3.61. The maximum absolute atomic E-state index is 13.0. The second-order valence-electron chi connectivity index (χ2n) is 7.32. The van der Waals surface area contributed by atoms with Gasteiger partial charge in [-0.25, -0.2) is 4.90 Å².